The Morgan fingerprint density at radius 1 is 1.33 bits per heavy atom. The number of nitrogens with zero attached hydrogens (tertiary/aromatic N) is 2. The maximum Gasteiger partial charge on any atom is 0.237 e. The molecule has 2 bridgehead atoms. The fourth-order valence-electron chi connectivity index (χ4n) is 5.45. The highest BCUT2D eigenvalue weighted by molar-refractivity contribution is 7.89. The molecule has 1 amide bonds. The lowest BCUT2D eigenvalue weighted by Gasteiger charge is -2.34. The molecule has 5 nitrogen and oxygen atoms in total. The molecule has 2 saturated heterocycles. The fourth-order valence-corrected chi connectivity index (χ4v) is 6.92. The Kier molecular flexibility index (Phi) is 2.96. The van der Waals surface area contributed by atoms with Gasteiger partial charge in [0.05, 0.1) is 12.3 Å². The lowest BCUT2D eigenvalue weighted by Crippen LogP contribution is -2.41. The molecule has 1 unspecified atom stereocenters. The molecule has 0 radical (unpaired) electrons. The van der Waals surface area contributed by atoms with Gasteiger partial charge in [0.2, 0.25) is 15.9 Å². The third-order valence-corrected chi connectivity index (χ3v) is 8.54. The van der Waals surface area contributed by atoms with Crippen molar-refractivity contribution >= 4 is 15.9 Å². The average molecular weight is 312 g/mol. The molecule has 4 fully saturated rings. The van der Waals surface area contributed by atoms with E-state index in [2.05, 4.69) is 6.92 Å². The first-order valence-corrected chi connectivity index (χ1v) is 9.77. The van der Waals surface area contributed by atoms with Crippen molar-refractivity contribution in [1.82, 2.24) is 9.21 Å². The van der Waals surface area contributed by atoms with Gasteiger partial charge in [0.15, 0.2) is 0 Å². The summed E-state index contributed by atoms with van der Waals surface area (Å²) in [7, 11) is -3.17. The Labute approximate surface area is 126 Å². The molecule has 2 aliphatic carbocycles. The molecule has 2 aliphatic heterocycles. The molecule has 2 heterocycles. The monoisotopic (exact) mass is 312 g/mol. The van der Waals surface area contributed by atoms with Gasteiger partial charge < -0.3 is 4.90 Å². The van der Waals surface area contributed by atoms with E-state index in [9.17, 15) is 13.2 Å². The zero-order chi connectivity index (χ0) is 14.8. The molecule has 6 heteroatoms. The van der Waals surface area contributed by atoms with Gasteiger partial charge in [0.1, 0.15) is 0 Å². The Bertz CT molecular complexity index is 575. The Morgan fingerprint density at radius 2 is 2.14 bits per heavy atom. The molecule has 21 heavy (non-hydrogen) atoms. The van der Waals surface area contributed by atoms with E-state index >= 15 is 0 Å². The largest absolute Gasteiger partial charge is 0.341 e. The van der Waals surface area contributed by atoms with Gasteiger partial charge in [-0.15, -0.1) is 0 Å². The predicted octanol–water partition coefficient (Wildman–Crippen LogP) is 0.916. The van der Waals surface area contributed by atoms with E-state index in [1.165, 1.54) is 23.6 Å². The maximum atomic E-state index is 12.5. The summed E-state index contributed by atoms with van der Waals surface area (Å²) in [5, 5.41) is 0. The van der Waals surface area contributed by atoms with Crippen molar-refractivity contribution in [2.75, 3.05) is 31.9 Å². The molecule has 0 aromatic carbocycles. The summed E-state index contributed by atoms with van der Waals surface area (Å²) < 4.78 is 25.1. The summed E-state index contributed by atoms with van der Waals surface area (Å²) in [5.41, 5.74) is 0.294. The second kappa shape index (κ2) is 4.44. The first-order chi connectivity index (χ1) is 9.90. The second-order valence-electron chi connectivity index (χ2n) is 7.66. The van der Waals surface area contributed by atoms with Crippen LogP contribution in [0.1, 0.15) is 32.6 Å². The van der Waals surface area contributed by atoms with Gasteiger partial charge in [-0.1, -0.05) is 6.92 Å². The highest BCUT2D eigenvalue weighted by Crippen LogP contribution is 2.62. The van der Waals surface area contributed by atoms with Crippen molar-refractivity contribution < 1.29 is 13.2 Å². The van der Waals surface area contributed by atoms with Crippen molar-refractivity contribution in [2.24, 2.45) is 23.2 Å². The van der Waals surface area contributed by atoms with Crippen LogP contribution in [0.25, 0.3) is 0 Å². The molecular weight excluding hydrogens is 288 g/mol. The van der Waals surface area contributed by atoms with Crippen LogP contribution in [0.5, 0.6) is 0 Å². The number of rotatable bonds is 2. The third kappa shape index (κ3) is 1.98. The van der Waals surface area contributed by atoms with Gasteiger partial charge in [-0.2, -0.15) is 4.31 Å². The molecule has 4 atom stereocenters. The molecule has 0 aromatic heterocycles. The smallest absolute Gasteiger partial charge is 0.237 e. The van der Waals surface area contributed by atoms with E-state index in [-0.39, 0.29) is 18.2 Å². The molecule has 0 aromatic rings. The Hall–Kier alpha value is -0.620. The predicted molar refractivity (Wildman–Crippen MR) is 79.0 cm³/mol. The SMILES string of the molecule is C[C@]12CN(C(=O)CN3CCCS3(=O)=O)CC1[C@@H]1CC[C@H]2C1. The zero-order valence-corrected chi connectivity index (χ0v) is 13.4. The van der Waals surface area contributed by atoms with Crippen LogP contribution < -0.4 is 0 Å². The van der Waals surface area contributed by atoms with Crippen LogP contribution in [0, 0.1) is 23.2 Å². The fraction of sp³-hybridized carbons (Fsp3) is 0.933. The summed E-state index contributed by atoms with van der Waals surface area (Å²) >= 11 is 0. The van der Waals surface area contributed by atoms with Crippen LogP contribution in [0.15, 0.2) is 0 Å². The number of sulfonamides is 1. The topological polar surface area (TPSA) is 57.7 Å². The molecule has 2 saturated carbocycles. The standard InChI is InChI=1S/C15H24N2O3S/c1-15-10-16(8-13(15)11-3-4-12(15)7-11)14(18)9-17-5-2-6-21(17,19)20/h11-13H,2-10H2,1H3/t11-,12+,13?,15-/m1/s1. The summed E-state index contributed by atoms with van der Waals surface area (Å²) in [6.45, 7) is 4.60. The number of fused-ring (bicyclic) bond motifs is 5. The summed E-state index contributed by atoms with van der Waals surface area (Å²) in [6.07, 6.45) is 4.65. The molecule has 0 spiro atoms. The van der Waals surface area contributed by atoms with E-state index in [1.807, 2.05) is 4.90 Å². The van der Waals surface area contributed by atoms with Crippen molar-refractivity contribution in [2.45, 2.75) is 32.6 Å². The minimum atomic E-state index is -3.17. The number of carbonyl (C=O) groups is 1. The lowest BCUT2D eigenvalue weighted by molar-refractivity contribution is -0.130. The van der Waals surface area contributed by atoms with Gasteiger partial charge in [-0.05, 0) is 48.9 Å². The number of hydrogen-bond acceptors (Lipinski definition) is 3. The van der Waals surface area contributed by atoms with E-state index in [0.717, 1.165) is 24.9 Å². The van der Waals surface area contributed by atoms with Crippen LogP contribution in [0.3, 0.4) is 0 Å². The summed E-state index contributed by atoms with van der Waals surface area (Å²) in [4.78, 5) is 14.5. The summed E-state index contributed by atoms with van der Waals surface area (Å²) in [6, 6.07) is 0. The summed E-state index contributed by atoms with van der Waals surface area (Å²) in [5.74, 6) is 2.44. The highest BCUT2D eigenvalue weighted by Gasteiger charge is 2.59. The number of likely N-dealkylation sites (tertiary alicyclic amines) is 1. The van der Waals surface area contributed by atoms with Crippen LogP contribution in [-0.4, -0.2) is 55.5 Å². The number of hydrogen-bond donors (Lipinski definition) is 0. The van der Waals surface area contributed by atoms with Crippen LogP contribution in [0.4, 0.5) is 0 Å². The lowest BCUT2D eigenvalue weighted by atomic mass is 9.70. The first kappa shape index (κ1) is 14.0. The van der Waals surface area contributed by atoms with Crippen LogP contribution in [0.2, 0.25) is 0 Å². The zero-order valence-electron chi connectivity index (χ0n) is 12.6. The van der Waals surface area contributed by atoms with Crippen molar-refractivity contribution in [1.29, 1.82) is 0 Å². The van der Waals surface area contributed by atoms with Gasteiger partial charge in [-0.25, -0.2) is 8.42 Å². The molecule has 0 N–H and O–H groups in total. The second-order valence-corrected chi connectivity index (χ2v) is 9.75. The van der Waals surface area contributed by atoms with E-state index in [0.29, 0.717) is 24.3 Å². The first-order valence-electron chi connectivity index (χ1n) is 8.16. The minimum absolute atomic E-state index is 0.00972. The maximum absolute atomic E-state index is 12.5. The molecule has 4 aliphatic rings. The quantitative estimate of drug-likeness (QED) is 0.762. The van der Waals surface area contributed by atoms with E-state index in [4.69, 9.17) is 0 Å². The highest BCUT2D eigenvalue weighted by atomic mass is 32.2. The van der Waals surface area contributed by atoms with Crippen LogP contribution >= 0.6 is 0 Å². The third-order valence-electron chi connectivity index (χ3n) is 6.64. The van der Waals surface area contributed by atoms with Gasteiger partial charge in [0, 0.05) is 19.6 Å². The Balaban J connectivity index is 1.46. The van der Waals surface area contributed by atoms with Gasteiger partial charge in [0.25, 0.3) is 0 Å². The van der Waals surface area contributed by atoms with E-state index < -0.39 is 10.0 Å². The van der Waals surface area contributed by atoms with Gasteiger partial charge in [-0.3, -0.25) is 4.79 Å². The van der Waals surface area contributed by atoms with Crippen molar-refractivity contribution in [3.8, 4) is 0 Å². The molecule has 4 rings (SSSR count). The Morgan fingerprint density at radius 3 is 2.81 bits per heavy atom. The van der Waals surface area contributed by atoms with Crippen molar-refractivity contribution in [3.63, 3.8) is 0 Å². The average Bonchev–Trinajstić information content (AvgIpc) is 3.11. The minimum Gasteiger partial charge on any atom is -0.341 e. The molecule has 118 valence electrons. The normalized spacial score (nSPS) is 44.4. The van der Waals surface area contributed by atoms with Crippen LogP contribution in [-0.2, 0) is 14.8 Å². The van der Waals surface area contributed by atoms with E-state index in [1.54, 1.807) is 0 Å². The number of amides is 1. The number of carbonyl (C=O) groups excluding carboxylic acids is 1. The van der Waals surface area contributed by atoms with Crippen molar-refractivity contribution in [3.05, 3.63) is 0 Å². The van der Waals surface area contributed by atoms with Gasteiger partial charge >= 0.3 is 0 Å². The molecular formula is C15H24N2O3S.